The summed E-state index contributed by atoms with van der Waals surface area (Å²) in [5.41, 5.74) is 2.04. The lowest BCUT2D eigenvalue weighted by Crippen LogP contribution is -2.45. The predicted molar refractivity (Wildman–Crippen MR) is 97.9 cm³/mol. The van der Waals surface area contributed by atoms with Crippen LogP contribution in [0.2, 0.25) is 0 Å². The summed E-state index contributed by atoms with van der Waals surface area (Å²) in [6, 6.07) is 4.90. The molecule has 0 saturated carbocycles. The fourth-order valence-electron chi connectivity index (χ4n) is 3.29. The van der Waals surface area contributed by atoms with Crippen LogP contribution >= 0.6 is 0 Å². The minimum absolute atomic E-state index is 0.206. The standard InChI is InChI=1S/C19H27FN4/c1-3-21-19(24-10-7-14(2)8-11-24)22-9-6-15-13-23-18-12-16(20)4-5-17(15)18/h4-5,12-14,23H,3,6-11H2,1-2H3,(H,21,22). The highest BCUT2D eigenvalue weighted by molar-refractivity contribution is 5.83. The van der Waals surface area contributed by atoms with Crippen LogP contribution in [0.25, 0.3) is 10.9 Å². The normalized spacial score (nSPS) is 16.8. The van der Waals surface area contributed by atoms with Crippen molar-refractivity contribution >= 4 is 16.9 Å². The number of halogens is 1. The van der Waals surface area contributed by atoms with Gasteiger partial charge in [-0.1, -0.05) is 6.92 Å². The quantitative estimate of drug-likeness (QED) is 0.665. The molecule has 0 bridgehead atoms. The van der Waals surface area contributed by atoms with Crippen molar-refractivity contribution in [2.24, 2.45) is 10.9 Å². The van der Waals surface area contributed by atoms with E-state index >= 15 is 0 Å². The first-order valence-electron chi connectivity index (χ1n) is 8.96. The molecule has 0 unspecified atom stereocenters. The Morgan fingerprint density at radius 1 is 1.38 bits per heavy atom. The van der Waals surface area contributed by atoms with Gasteiger partial charge >= 0.3 is 0 Å². The van der Waals surface area contributed by atoms with E-state index in [1.165, 1.54) is 24.5 Å². The van der Waals surface area contributed by atoms with Gasteiger partial charge in [-0.15, -0.1) is 0 Å². The third kappa shape index (κ3) is 3.89. The zero-order valence-electron chi connectivity index (χ0n) is 14.6. The first kappa shape index (κ1) is 16.8. The molecular weight excluding hydrogens is 303 g/mol. The number of rotatable bonds is 4. The second-order valence-electron chi connectivity index (χ2n) is 6.66. The molecular formula is C19H27FN4. The van der Waals surface area contributed by atoms with Gasteiger partial charge in [0, 0.05) is 43.3 Å². The smallest absolute Gasteiger partial charge is 0.193 e. The zero-order chi connectivity index (χ0) is 16.9. The highest BCUT2D eigenvalue weighted by atomic mass is 19.1. The van der Waals surface area contributed by atoms with Crippen molar-refractivity contribution in [3.63, 3.8) is 0 Å². The number of nitrogens with zero attached hydrogens (tertiary/aromatic N) is 2. The third-order valence-electron chi connectivity index (χ3n) is 4.79. The summed E-state index contributed by atoms with van der Waals surface area (Å²) < 4.78 is 13.3. The molecule has 1 aliphatic heterocycles. The number of piperidine rings is 1. The van der Waals surface area contributed by atoms with Crippen LogP contribution in [0.1, 0.15) is 32.3 Å². The minimum atomic E-state index is -0.206. The van der Waals surface area contributed by atoms with Gasteiger partial charge in [0.1, 0.15) is 5.82 Å². The molecule has 2 N–H and O–H groups in total. The summed E-state index contributed by atoms with van der Waals surface area (Å²) in [7, 11) is 0. The number of fused-ring (bicyclic) bond motifs is 1. The van der Waals surface area contributed by atoms with Crippen LogP contribution in [-0.2, 0) is 6.42 Å². The van der Waals surface area contributed by atoms with Gasteiger partial charge in [0.15, 0.2) is 5.96 Å². The van der Waals surface area contributed by atoms with Crippen LogP contribution in [0.4, 0.5) is 4.39 Å². The van der Waals surface area contributed by atoms with E-state index in [4.69, 9.17) is 4.99 Å². The topological polar surface area (TPSA) is 43.4 Å². The lowest BCUT2D eigenvalue weighted by Gasteiger charge is -2.33. The first-order chi connectivity index (χ1) is 11.7. The third-order valence-corrected chi connectivity index (χ3v) is 4.79. The van der Waals surface area contributed by atoms with Crippen molar-refractivity contribution in [2.75, 3.05) is 26.2 Å². The molecule has 1 fully saturated rings. The average molecular weight is 330 g/mol. The molecule has 2 aromatic rings. The van der Waals surface area contributed by atoms with E-state index in [0.717, 1.165) is 55.4 Å². The highest BCUT2D eigenvalue weighted by Gasteiger charge is 2.18. The van der Waals surface area contributed by atoms with E-state index in [2.05, 4.69) is 29.0 Å². The van der Waals surface area contributed by atoms with Crippen molar-refractivity contribution < 1.29 is 4.39 Å². The molecule has 3 rings (SSSR count). The lowest BCUT2D eigenvalue weighted by atomic mass is 10.00. The molecule has 130 valence electrons. The minimum Gasteiger partial charge on any atom is -0.361 e. The summed E-state index contributed by atoms with van der Waals surface area (Å²) in [6.45, 7) is 8.21. The SMILES string of the molecule is CCNC(=NCCc1c[nH]c2cc(F)ccc12)N1CCC(C)CC1. The van der Waals surface area contributed by atoms with Crippen LogP contribution in [0, 0.1) is 11.7 Å². The molecule has 1 saturated heterocycles. The van der Waals surface area contributed by atoms with Gasteiger partial charge in [-0.2, -0.15) is 0 Å². The molecule has 2 heterocycles. The van der Waals surface area contributed by atoms with Gasteiger partial charge in [-0.3, -0.25) is 4.99 Å². The maximum atomic E-state index is 13.3. The molecule has 0 atom stereocenters. The summed E-state index contributed by atoms with van der Waals surface area (Å²) in [6.07, 6.45) is 5.29. The second-order valence-corrected chi connectivity index (χ2v) is 6.66. The summed E-state index contributed by atoms with van der Waals surface area (Å²) >= 11 is 0. The highest BCUT2D eigenvalue weighted by Crippen LogP contribution is 2.20. The molecule has 0 aliphatic carbocycles. The van der Waals surface area contributed by atoms with Crippen molar-refractivity contribution in [3.8, 4) is 0 Å². The predicted octanol–water partition coefficient (Wildman–Crippen LogP) is 3.55. The van der Waals surface area contributed by atoms with Gasteiger partial charge in [-0.25, -0.2) is 4.39 Å². The summed E-state index contributed by atoms with van der Waals surface area (Å²) in [5, 5.41) is 4.50. The Bertz CT molecular complexity index is 698. The van der Waals surface area contributed by atoms with Crippen LogP contribution < -0.4 is 5.32 Å². The maximum absolute atomic E-state index is 13.3. The first-order valence-corrected chi connectivity index (χ1v) is 8.96. The fraction of sp³-hybridized carbons (Fsp3) is 0.526. The fourth-order valence-corrected chi connectivity index (χ4v) is 3.29. The summed E-state index contributed by atoms with van der Waals surface area (Å²) in [5.74, 6) is 1.63. The Morgan fingerprint density at radius 3 is 2.92 bits per heavy atom. The number of aromatic amines is 1. The Labute approximate surface area is 143 Å². The van der Waals surface area contributed by atoms with Gasteiger partial charge in [0.05, 0.1) is 0 Å². The number of hydrogen-bond donors (Lipinski definition) is 2. The lowest BCUT2D eigenvalue weighted by molar-refractivity contribution is 0.273. The van der Waals surface area contributed by atoms with Gasteiger partial charge in [0.25, 0.3) is 0 Å². The molecule has 1 aromatic carbocycles. The number of hydrogen-bond acceptors (Lipinski definition) is 1. The molecule has 1 aliphatic rings. The number of H-pyrrole nitrogens is 1. The van der Waals surface area contributed by atoms with Crippen molar-refractivity contribution in [1.82, 2.24) is 15.2 Å². The molecule has 4 nitrogen and oxygen atoms in total. The van der Waals surface area contributed by atoms with E-state index in [-0.39, 0.29) is 5.82 Å². The van der Waals surface area contributed by atoms with E-state index in [1.54, 1.807) is 6.07 Å². The van der Waals surface area contributed by atoms with Gasteiger partial charge in [0.2, 0.25) is 0 Å². The maximum Gasteiger partial charge on any atom is 0.193 e. The van der Waals surface area contributed by atoms with Crippen LogP contribution in [0.15, 0.2) is 29.4 Å². The monoisotopic (exact) mass is 330 g/mol. The van der Waals surface area contributed by atoms with Crippen molar-refractivity contribution in [2.45, 2.75) is 33.1 Å². The Morgan fingerprint density at radius 2 is 2.17 bits per heavy atom. The molecule has 5 heteroatoms. The number of benzene rings is 1. The number of aromatic nitrogens is 1. The Balaban J connectivity index is 1.65. The van der Waals surface area contributed by atoms with E-state index in [1.807, 2.05) is 12.3 Å². The van der Waals surface area contributed by atoms with Crippen molar-refractivity contribution in [3.05, 3.63) is 35.8 Å². The number of likely N-dealkylation sites (tertiary alicyclic amines) is 1. The van der Waals surface area contributed by atoms with Crippen LogP contribution in [-0.4, -0.2) is 42.0 Å². The Hall–Kier alpha value is -2.04. The number of aliphatic imine (C=N–C) groups is 1. The molecule has 1 aromatic heterocycles. The molecule has 0 radical (unpaired) electrons. The van der Waals surface area contributed by atoms with Crippen LogP contribution in [0.5, 0.6) is 0 Å². The van der Waals surface area contributed by atoms with E-state index in [9.17, 15) is 4.39 Å². The number of nitrogens with one attached hydrogen (secondary N) is 2. The number of guanidine groups is 1. The summed E-state index contributed by atoms with van der Waals surface area (Å²) in [4.78, 5) is 10.3. The average Bonchev–Trinajstić information content (AvgIpc) is 2.97. The Kier molecular flexibility index (Phi) is 5.38. The largest absolute Gasteiger partial charge is 0.361 e. The molecule has 24 heavy (non-hydrogen) atoms. The van der Waals surface area contributed by atoms with E-state index in [0.29, 0.717) is 0 Å². The second kappa shape index (κ2) is 7.69. The zero-order valence-corrected chi connectivity index (χ0v) is 14.6. The van der Waals surface area contributed by atoms with E-state index < -0.39 is 0 Å². The van der Waals surface area contributed by atoms with Crippen molar-refractivity contribution in [1.29, 1.82) is 0 Å². The van der Waals surface area contributed by atoms with Gasteiger partial charge in [-0.05, 0) is 55.9 Å². The van der Waals surface area contributed by atoms with Gasteiger partial charge < -0.3 is 15.2 Å². The molecule has 0 spiro atoms. The molecule has 0 amide bonds. The van der Waals surface area contributed by atoms with Crippen LogP contribution in [0.3, 0.4) is 0 Å².